The zero-order valence-corrected chi connectivity index (χ0v) is 17.9. The van der Waals surface area contributed by atoms with Gasteiger partial charge in [-0.15, -0.1) is 0 Å². The molecule has 1 aliphatic rings. The molecule has 4 aromatic rings. The van der Waals surface area contributed by atoms with Crippen molar-refractivity contribution in [1.29, 1.82) is 0 Å². The minimum absolute atomic E-state index is 0.240. The topological polar surface area (TPSA) is 102 Å². The number of nitrogens with zero attached hydrogens (tertiary/aromatic N) is 2. The predicted octanol–water partition coefficient (Wildman–Crippen LogP) is 4.42. The van der Waals surface area contributed by atoms with E-state index in [1.165, 1.54) is 6.07 Å². The smallest absolute Gasteiger partial charge is 0.205 e. The Kier molecular flexibility index (Phi) is 5.53. The van der Waals surface area contributed by atoms with Crippen LogP contribution >= 0.6 is 0 Å². The average molecular weight is 436 g/mol. The van der Waals surface area contributed by atoms with Crippen molar-refractivity contribution in [2.75, 3.05) is 18.8 Å². The van der Waals surface area contributed by atoms with Crippen molar-refractivity contribution >= 4 is 16.8 Å². The number of ether oxygens (including phenoxy) is 1. The van der Waals surface area contributed by atoms with Crippen molar-refractivity contribution in [3.63, 3.8) is 0 Å². The Morgan fingerprint density at radius 3 is 2.84 bits per heavy atom. The molecule has 0 amide bonds. The zero-order chi connectivity index (χ0) is 22.1. The maximum atomic E-state index is 14.0. The van der Waals surface area contributed by atoms with E-state index < -0.39 is 0 Å². The number of nitrogens with one attached hydrogen (secondary N) is 2. The van der Waals surface area contributed by atoms with Crippen molar-refractivity contribution in [3.05, 3.63) is 60.0 Å². The Morgan fingerprint density at radius 1 is 1.22 bits per heavy atom. The van der Waals surface area contributed by atoms with Gasteiger partial charge in [-0.05, 0) is 44.5 Å². The van der Waals surface area contributed by atoms with Crippen LogP contribution in [0.2, 0.25) is 0 Å². The van der Waals surface area contributed by atoms with E-state index in [9.17, 15) is 4.39 Å². The van der Waals surface area contributed by atoms with Crippen molar-refractivity contribution in [2.45, 2.75) is 38.2 Å². The molecule has 1 fully saturated rings. The molecule has 3 aromatic heterocycles. The van der Waals surface area contributed by atoms with Crippen molar-refractivity contribution < 1.29 is 13.5 Å². The van der Waals surface area contributed by atoms with Crippen LogP contribution < -0.4 is 15.8 Å². The van der Waals surface area contributed by atoms with E-state index in [-0.39, 0.29) is 17.7 Å². The highest BCUT2D eigenvalue weighted by atomic mass is 19.1. The van der Waals surface area contributed by atoms with Gasteiger partial charge < -0.3 is 20.2 Å². The number of nitrogen functional groups attached to an aromatic ring is 1. The molecule has 0 radical (unpaired) electrons. The lowest BCUT2D eigenvalue weighted by atomic mass is 9.90. The maximum absolute atomic E-state index is 14.0. The van der Waals surface area contributed by atoms with Crippen molar-refractivity contribution in [1.82, 2.24) is 20.5 Å². The van der Waals surface area contributed by atoms with Gasteiger partial charge in [0.2, 0.25) is 5.75 Å². The van der Waals surface area contributed by atoms with Crippen molar-refractivity contribution in [2.24, 2.45) is 0 Å². The fourth-order valence-corrected chi connectivity index (χ4v) is 4.45. The number of piperidine rings is 1. The Morgan fingerprint density at radius 2 is 2.03 bits per heavy atom. The third-order valence-corrected chi connectivity index (χ3v) is 6.09. The second-order valence-corrected chi connectivity index (χ2v) is 8.31. The van der Waals surface area contributed by atoms with E-state index in [0.717, 1.165) is 48.1 Å². The van der Waals surface area contributed by atoms with Gasteiger partial charge in [0.15, 0.2) is 11.4 Å². The van der Waals surface area contributed by atoms with Crippen LogP contribution in [0.5, 0.6) is 5.75 Å². The number of benzene rings is 1. The lowest BCUT2D eigenvalue weighted by molar-refractivity contribution is 0.221. The summed E-state index contributed by atoms with van der Waals surface area (Å²) >= 11 is 0. The monoisotopic (exact) mass is 435 g/mol. The number of aromatic amines is 1. The first-order valence-corrected chi connectivity index (χ1v) is 10.9. The molecule has 0 aliphatic carbocycles. The molecule has 0 bridgehead atoms. The van der Waals surface area contributed by atoms with E-state index in [4.69, 9.17) is 14.9 Å². The summed E-state index contributed by atoms with van der Waals surface area (Å²) < 4.78 is 26.1. The average Bonchev–Trinajstić information content (AvgIpc) is 3.45. The number of halogens is 1. The summed E-state index contributed by atoms with van der Waals surface area (Å²) in [4.78, 5) is 4.35. The highest BCUT2D eigenvalue weighted by Gasteiger charge is 2.25. The maximum Gasteiger partial charge on any atom is 0.205 e. The number of hydrogen-bond acceptors (Lipinski definition) is 6. The highest BCUT2D eigenvalue weighted by molar-refractivity contribution is 5.98. The SMILES string of the molecule is CC(Cc1ccccc1F)Oc1c(N)ncc2c(-c3cn[nH]c3C3CCNCC3)coc12. The molecule has 1 unspecified atom stereocenters. The van der Waals surface area contributed by atoms with Gasteiger partial charge in [0.25, 0.3) is 0 Å². The second-order valence-electron chi connectivity index (χ2n) is 8.31. The summed E-state index contributed by atoms with van der Waals surface area (Å²) in [6.07, 6.45) is 7.43. The van der Waals surface area contributed by atoms with Crippen LogP contribution in [0.25, 0.3) is 22.1 Å². The number of fused-ring (bicyclic) bond motifs is 1. The molecule has 0 spiro atoms. The van der Waals surface area contributed by atoms with E-state index in [1.807, 2.05) is 19.2 Å². The van der Waals surface area contributed by atoms with Crippen LogP contribution in [0.1, 0.15) is 36.9 Å². The van der Waals surface area contributed by atoms with E-state index in [0.29, 0.717) is 29.2 Å². The van der Waals surface area contributed by atoms with Gasteiger partial charge in [-0.3, -0.25) is 5.10 Å². The first-order chi connectivity index (χ1) is 15.6. The summed E-state index contributed by atoms with van der Waals surface area (Å²) in [6, 6.07) is 6.68. The molecule has 0 saturated carbocycles. The van der Waals surface area contributed by atoms with E-state index in [2.05, 4.69) is 20.5 Å². The van der Waals surface area contributed by atoms with Gasteiger partial charge in [-0.1, -0.05) is 18.2 Å². The standard InChI is InChI=1S/C24H26FN5O2/c1-14(10-16-4-2-3-5-20(16)25)32-23-22-18(11-28-24(23)26)19(13-31-22)17-12-29-30-21(17)15-6-8-27-9-7-15/h2-5,11-15,27H,6-10H2,1H3,(H2,26,28)(H,29,30). The normalized spacial score (nSPS) is 15.8. The second kappa shape index (κ2) is 8.63. The van der Waals surface area contributed by atoms with Crippen LogP contribution in [-0.2, 0) is 6.42 Å². The van der Waals surface area contributed by atoms with Gasteiger partial charge >= 0.3 is 0 Å². The van der Waals surface area contributed by atoms with Crippen LogP contribution in [0.4, 0.5) is 10.2 Å². The molecular weight excluding hydrogens is 409 g/mol. The highest BCUT2D eigenvalue weighted by Crippen LogP contribution is 2.41. The Balaban J connectivity index is 1.46. The van der Waals surface area contributed by atoms with Gasteiger partial charge in [0.1, 0.15) is 18.2 Å². The number of hydrogen-bond donors (Lipinski definition) is 3. The van der Waals surface area contributed by atoms with Gasteiger partial charge in [0, 0.05) is 35.4 Å². The summed E-state index contributed by atoms with van der Waals surface area (Å²) in [7, 11) is 0. The minimum Gasteiger partial charge on any atom is -0.483 e. The molecule has 8 heteroatoms. The molecule has 166 valence electrons. The molecule has 7 nitrogen and oxygen atoms in total. The first kappa shape index (κ1) is 20.5. The van der Waals surface area contributed by atoms with E-state index in [1.54, 1.807) is 24.6 Å². The molecule has 1 atom stereocenters. The van der Waals surface area contributed by atoms with Crippen LogP contribution in [-0.4, -0.2) is 34.4 Å². The molecule has 32 heavy (non-hydrogen) atoms. The summed E-state index contributed by atoms with van der Waals surface area (Å²) in [5.74, 6) is 0.781. The van der Waals surface area contributed by atoms with Crippen LogP contribution in [0.15, 0.2) is 47.3 Å². The Bertz CT molecular complexity index is 1230. The molecule has 1 aromatic carbocycles. The fourth-order valence-electron chi connectivity index (χ4n) is 4.45. The van der Waals surface area contributed by atoms with Gasteiger partial charge in [0.05, 0.1) is 11.6 Å². The Hall–Kier alpha value is -3.39. The number of furan rings is 1. The summed E-state index contributed by atoms with van der Waals surface area (Å²) in [5.41, 5.74) is 10.3. The van der Waals surface area contributed by atoms with Gasteiger partial charge in [-0.2, -0.15) is 5.10 Å². The predicted molar refractivity (Wildman–Crippen MR) is 121 cm³/mol. The summed E-state index contributed by atoms with van der Waals surface area (Å²) in [5, 5.41) is 11.7. The third-order valence-electron chi connectivity index (χ3n) is 6.09. The van der Waals surface area contributed by atoms with Crippen LogP contribution in [0.3, 0.4) is 0 Å². The number of H-pyrrole nitrogens is 1. The first-order valence-electron chi connectivity index (χ1n) is 10.9. The number of rotatable bonds is 6. The third kappa shape index (κ3) is 3.82. The molecule has 5 rings (SSSR count). The Labute approximate surface area is 185 Å². The lowest BCUT2D eigenvalue weighted by Gasteiger charge is -2.22. The molecule has 4 N–H and O–H groups in total. The largest absolute Gasteiger partial charge is 0.483 e. The van der Waals surface area contributed by atoms with Crippen LogP contribution in [0, 0.1) is 5.82 Å². The fraction of sp³-hybridized carbons (Fsp3) is 0.333. The van der Waals surface area contributed by atoms with Crippen molar-refractivity contribution in [3.8, 4) is 16.9 Å². The molecular formula is C24H26FN5O2. The number of anilines is 1. The molecule has 4 heterocycles. The number of aromatic nitrogens is 3. The number of nitrogens with two attached hydrogens (primary N) is 1. The summed E-state index contributed by atoms with van der Waals surface area (Å²) in [6.45, 7) is 3.86. The number of pyridine rings is 1. The van der Waals surface area contributed by atoms with Gasteiger partial charge in [-0.25, -0.2) is 9.37 Å². The zero-order valence-electron chi connectivity index (χ0n) is 17.9. The van der Waals surface area contributed by atoms with E-state index >= 15 is 0 Å². The molecule has 1 aliphatic heterocycles. The quantitative estimate of drug-likeness (QED) is 0.414. The lowest BCUT2D eigenvalue weighted by Crippen LogP contribution is -2.27. The minimum atomic E-state index is -0.325. The molecule has 1 saturated heterocycles.